The number of hydrogen-bond acceptors (Lipinski definition) is 17. The average molecular weight is 918 g/mol. The molecule has 4 aromatic rings. The van der Waals surface area contributed by atoms with E-state index in [0.29, 0.717) is 126 Å². The predicted molar refractivity (Wildman–Crippen MR) is 227 cm³/mol. The average Bonchev–Trinajstić information content (AvgIpc) is 4.01. The number of hydrogen-bond donors (Lipinski definition) is 6. The monoisotopic (exact) mass is 917 g/mol. The largest absolute Gasteiger partial charge is 0.380 e. The summed E-state index contributed by atoms with van der Waals surface area (Å²) in [6.07, 6.45) is 0.112. The highest BCUT2D eigenvalue weighted by Crippen LogP contribution is 2.41. The fourth-order valence-corrected chi connectivity index (χ4v) is 7.09. The molecule has 20 nitrogen and oxygen atoms in total. The van der Waals surface area contributed by atoms with Crippen molar-refractivity contribution in [1.29, 1.82) is 0 Å². The topological polar surface area (TPSA) is 217 Å². The summed E-state index contributed by atoms with van der Waals surface area (Å²) in [5.41, 5.74) is 5.24. The number of carbonyl (C=O) groups excluding carboxylic acids is 2. The first kappa shape index (κ1) is 47.1. The van der Waals surface area contributed by atoms with Crippen LogP contribution in [0.2, 0.25) is 5.02 Å². The summed E-state index contributed by atoms with van der Waals surface area (Å²) in [4.78, 5) is 56.5. The molecule has 0 aliphatic carbocycles. The highest BCUT2D eigenvalue weighted by molar-refractivity contribution is 6.30. The van der Waals surface area contributed by atoms with Gasteiger partial charge in [0.15, 0.2) is 5.75 Å². The van der Waals surface area contributed by atoms with Gasteiger partial charge >= 0.3 is 0 Å². The summed E-state index contributed by atoms with van der Waals surface area (Å²) >= 11 is 5.91. The number of aromatic nitrogens is 1. The Labute approximate surface area is 373 Å². The summed E-state index contributed by atoms with van der Waals surface area (Å²) in [7, 11) is 0. The lowest BCUT2D eigenvalue weighted by molar-refractivity contribution is -0.376. The number of hydroxylamine groups is 3. The van der Waals surface area contributed by atoms with Gasteiger partial charge < -0.3 is 59.4 Å². The first-order chi connectivity index (χ1) is 31.1. The number of halogens is 2. The molecule has 3 aromatic carbocycles. The fourth-order valence-electron chi connectivity index (χ4n) is 6.84. The number of aliphatic hydroxyl groups is 1. The number of para-hydroxylation sites is 1. The molecule has 3 aliphatic rings. The molecule has 4 heterocycles. The molecule has 2 saturated heterocycles. The first-order valence-corrected chi connectivity index (χ1v) is 21.3. The number of H-pyrrole nitrogens is 1. The number of rotatable bonds is 25. The second-order valence-corrected chi connectivity index (χ2v) is 15.2. The van der Waals surface area contributed by atoms with E-state index in [9.17, 15) is 19.1 Å². The molecule has 0 bridgehead atoms. The zero-order valence-electron chi connectivity index (χ0n) is 35.2. The summed E-state index contributed by atoms with van der Waals surface area (Å²) in [6.45, 7) is 7.17. The van der Waals surface area contributed by atoms with Crippen LogP contribution < -0.4 is 36.3 Å². The molecule has 0 radical (unpaired) electrons. The molecular weight excluding hydrogens is 865 g/mol. The van der Waals surface area contributed by atoms with Crippen LogP contribution in [0.5, 0.6) is 11.5 Å². The highest BCUT2D eigenvalue weighted by Gasteiger charge is 2.49. The maximum atomic E-state index is 13.7. The van der Waals surface area contributed by atoms with Crippen LogP contribution in [0.3, 0.4) is 0 Å². The van der Waals surface area contributed by atoms with Crippen molar-refractivity contribution < 1.29 is 67.0 Å². The normalized spacial score (nSPS) is 19.7. The minimum atomic E-state index is -2.14. The van der Waals surface area contributed by atoms with E-state index in [4.69, 9.17) is 59.5 Å². The van der Waals surface area contributed by atoms with E-state index in [-0.39, 0.29) is 29.9 Å². The molecule has 3 atom stereocenters. The van der Waals surface area contributed by atoms with E-state index in [2.05, 4.69) is 26.6 Å². The SMILES string of the molecule is CC1CC(O)(C(=O)NCc2cc(F)cc(Cl)c2)ON1c1ccc2[nH]c(C(=O)NCCOCCOCCOCCOCCOCCNc3cccc4c3ON(C3CCONO3)O4)cc2c1. The molecule has 22 heteroatoms. The minimum absolute atomic E-state index is 0.0150. The molecule has 2 fully saturated rings. The van der Waals surface area contributed by atoms with E-state index in [1.54, 1.807) is 24.3 Å². The number of nitrogens with zero attached hydrogens (tertiary/aromatic N) is 2. The molecule has 3 aliphatic heterocycles. The third-order valence-corrected chi connectivity index (χ3v) is 10.1. The number of ether oxygens (including phenoxy) is 5. The van der Waals surface area contributed by atoms with Gasteiger partial charge in [-0.25, -0.2) is 14.3 Å². The quantitative estimate of drug-likeness (QED) is 0.0525. The van der Waals surface area contributed by atoms with Crippen LogP contribution in [0.1, 0.15) is 35.8 Å². The van der Waals surface area contributed by atoms with Crippen LogP contribution in [0, 0.1) is 5.82 Å². The first-order valence-electron chi connectivity index (χ1n) is 20.9. The van der Waals surface area contributed by atoms with Crippen molar-refractivity contribution in [2.24, 2.45) is 0 Å². The van der Waals surface area contributed by atoms with Crippen LogP contribution in [-0.2, 0) is 49.5 Å². The van der Waals surface area contributed by atoms with Gasteiger partial charge in [0, 0.05) is 48.4 Å². The molecule has 0 saturated carbocycles. The van der Waals surface area contributed by atoms with Gasteiger partial charge in [0.05, 0.1) is 95.3 Å². The van der Waals surface area contributed by atoms with Crippen molar-refractivity contribution in [3.05, 3.63) is 82.8 Å². The van der Waals surface area contributed by atoms with Gasteiger partial charge in [-0.05, 0) is 67.1 Å². The Morgan fingerprint density at radius 2 is 1.61 bits per heavy atom. The number of carbonyl (C=O) groups is 2. The van der Waals surface area contributed by atoms with Crippen LogP contribution in [0.25, 0.3) is 10.9 Å². The van der Waals surface area contributed by atoms with Gasteiger partial charge in [-0.15, -0.1) is 0 Å². The molecule has 64 heavy (non-hydrogen) atoms. The second kappa shape index (κ2) is 23.3. The van der Waals surface area contributed by atoms with Crippen LogP contribution in [0.15, 0.2) is 60.7 Å². The number of amides is 2. The minimum Gasteiger partial charge on any atom is -0.380 e. The smallest absolute Gasteiger partial charge is 0.282 e. The Kier molecular flexibility index (Phi) is 17.2. The number of anilines is 2. The Hall–Kier alpha value is -4.88. The van der Waals surface area contributed by atoms with Crippen molar-refractivity contribution >= 4 is 45.7 Å². The number of nitrogens with one attached hydrogen (secondary N) is 5. The summed E-state index contributed by atoms with van der Waals surface area (Å²) < 4.78 is 41.6. The molecule has 2 amide bonds. The van der Waals surface area contributed by atoms with E-state index in [0.717, 1.165) is 17.1 Å². The van der Waals surface area contributed by atoms with Crippen LogP contribution in [0.4, 0.5) is 15.8 Å². The third-order valence-electron chi connectivity index (χ3n) is 9.93. The lowest BCUT2D eigenvalue weighted by Crippen LogP contribution is -2.47. The van der Waals surface area contributed by atoms with E-state index in [1.165, 1.54) is 22.4 Å². The molecular formula is C42H53ClFN7O13. The second-order valence-electron chi connectivity index (χ2n) is 14.8. The van der Waals surface area contributed by atoms with Gasteiger partial charge in [0.1, 0.15) is 11.5 Å². The predicted octanol–water partition coefficient (Wildman–Crippen LogP) is 3.51. The van der Waals surface area contributed by atoms with Crippen LogP contribution in [-0.4, -0.2) is 131 Å². The molecule has 1 aromatic heterocycles. The van der Waals surface area contributed by atoms with Gasteiger partial charge in [-0.1, -0.05) is 23.3 Å². The Balaban J connectivity index is 0.674. The van der Waals surface area contributed by atoms with E-state index < -0.39 is 23.7 Å². The Bertz CT molecular complexity index is 2130. The van der Waals surface area contributed by atoms with Crippen molar-refractivity contribution in [2.45, 2.75) is 44.4 Å². The zero-order valence-corrected chi connectivity index (χ0v) is 36.0. The summed E-state index contributed by atoms with van der Waals surface area (Å²) in [5, 5.41) is 23.5. The van der Waals surface area contributed by atoms with E-state index >= 15 is 0 Å². The fraction of sp³-hybridized carbons (Fsp3) is 0.476. The Morgan fingerprint density at radius 3 is 2.31 bits per heavy atom. The van der Waals surface area contributed by atoms with Gasteiger partial charge in [0.25, 0.3) is 17.6 Å². The molecule has 7 rings (SSSR count). The van der Waals surface area contributed by atoms with Crippen LogP contribution >= 0.6 is 11.6 Å². The third kappa shape index (κ3) is 13.1. The van der Waals surface area contributed by atoms with Crippen molar-refractivity contribution in [2.75, 3.05) is 96.1 Å². The van der Waals surface area contributed by atoms with Crippen molar-refractivity contribution in [3.63, 3.8) is 0 Å². The van der Waals surface area contributed by atoms with Crippen molar-refractivity contribution in [1.82, 2.24) is 26.5 Å². The summed E-state index contributed by atoms with van der Waals surface area (Å²) in [5.74, 6) is -2.59. The number of aromatic amines is 1. The van der Waals surface area contributed by atoms with Gasteiger partial charge in [-0.2, -0.15) is 0 Å². The lowest BCUT2D eigenvalue weighted by Gasteiger charge is -2.26. The van der Waals surface area contributed by atoms with Gasteiger partial charge in [-0.3, -0.25) is 19.3 Å². The zero-order chi connectivity index (χ0) is 44.7. The lowest BCUT2D eigenvalue weighted by atomic mass is 10.1. The molecule has 348 valence electrons. The van der Waals surface area contributed by atoms with E-state index in [1.807, 2.05) is 25.1 Å². The molecule has 6 N–H and O–H groups in total. The number of benzene rings is 3. The maximum absolute atomic E-state index is 13.7. The standard InChI is InChI=1S/C42H53ClFN7O13/c1-28-26-42(54,41(53)47-27-29-21-31(43)25-32(44)22-29)64-50(28)33-5-6-34-30(23-33)24-36(48-34)40(52)46-9-12-56-14-16-58-18-20-59-19-17-57-15-13-55-11-8-45-35-3-2-4-37-39(35)63-51(62-37)38-7-10-60-49-61-38/h2-6,21-25,28,38,45,48-49,54H,7-20,26-27H2,1H3,(H,46,52)(H,47,53). The van der Waals surface area contributed by atoms with Crippen molar-refractivity contribution in [3.8, 4) is 11.5 Å². The Morgan fingerprint density at radius 1 is 0.891 bits per heavy atom. The summed E-state index contributed by atoms with van der Waals surface area (Å²) in [6, 6.07) is 16.2. The highest BCUT2D eigenvalue weighted by atomic mass is 35.5. The molecule has 0 spiro atoms. The molecule has 3 unspecified atom stereocenters. The number of fused-ring (bicyclic) bond motifs is 2. The maximum Gasteiger partial charge on any atom is 0.282 e. The van der Waals surface area contributed by atoms with Gasteiger partial charge in [0.2, 0.25) is 12.0 Å².